The molecular formula is C46H50Cl2F6N4O5. The van der Waals surface area contributed by atoms with Gasteiger partial charge in [-0.3, -0.25) is 9.59 Å². The number of carboxylic acids is 1. The van der Waals surface area contributed by atoms with Gasteiger partial charge < -0.3 is 36.2 Å². The third-order valence-corrected chi connectivity index (χ3v) is 12.8. The van der Waals surface area contributed by atoms with Crippen LogP contribution in [-0.2, 0) is 47.6 Å². The molecule has 0 saturated carbocycles. The Balaban J connectivity index is 0.000000175. The molecule has 0 aromatic heterocycles. The van der Waals surface area contributed by atoms with Crippen LogP contribution in [-0.4, -0.2) is 65.6 Å². The number of aliphatic hydroxyl groups is 2. The molecule has 4 aromatic carbocycles. The SMILES string of the molecule is Nc1cccc2c1C[C@@H](O)CC2.O=C(Nc1cccc2c1C[C@@H](O)CC2)C1CCN(c2ccc(C(F)(F)F)cc2Cl)CC1.O=C(O)C1CCN(c2ccc(C(F)(F)F)cc2Cl)CC1. The molecule has 6 N–H and O–H groups in total. The van der Waals surface area contributed by atoms with Crippen LogP contribution in [0, 0.1) is 11.8 Å². The zero-order chi connectivity index (χ0) is 45.6. The molecule has 340 valence electrons. The number of fused-ring (bicyclic) bond motifs is 2. The molecule has 0 bridgehead atoms. The van der Waals surface area contributed by atoms with Gasteiger partial charge >= 0.3 is 18.3 Å². The number of carboxylic acid groups (broad SMARTS) is 1. The topological polar surface area (TPSA) is 139 Å². The number of nitrogen functional groups attached to an aromatic ring is 1. The summed E-state index contributed by atoms with van der Waals surface area (Å²) in [5.74, 6) is -1.47. The fraction of sp³-hybridized carbons (Fsp3) is 0.435. The first-order valence-electron chi connectivity index (χ1n) is 20.9. The van der Waals surface area contributed by atoms with Gasteiger partial charge in [-0.25, -0.2) is 0 Å². The summed E-state index contributed by atoms with van der Waals surface area (Å²) >= 11 is 12.0. The van der Waals surface area contributed by atoms with Crippen molar-refractivity contribution in [2.24, 2.45) is 11.8 Å². The highest BCUT2D eigenvalue weighted by atomic mass is 35.5. The number of piperidine rings is 2. The first kappa shape index (κ1) is 47.8. The first-order valence-corrected chi connectivity index (χ1v) is 21.6. The van der Waals surface area contributed by atoms with Crippen molar-refractivity contribution in [1.29, 1.82) is 0 Å². The lowest BCUT2D eigenvalue weighted by Crippen LogP contribution is -2.38. The van der Waals surface area contributed by atoms with Crippen LogP contribution in [0.2, 0.25) is 10.0 Å². The number of nitrogens with two attached hydrogens (primary N) is 1. The van der Waals surface area contributed by atoms with E-state index in [4.69, 9.17) is 34.0 Å². The smallest absolute Gasteiger partial charge is 0.416 e. The number of nitrogens with one attached hydrogen (secondary N) is 1. The number of rotatable bonds is 5. The standard InChI is InChI=1S/C23H24ClF3N2O2.C13H13ClF3NO2.C10H13NO/c24-19-12-16(23(25,26)27)5-7-21(19)29-10-8-15(9-11-29)22(31)28-20-3-1-2-14-4-6-17(30)13-18(14)20;14-10-7-9(13(15,16)17)1-2-11(10)18-5-3-8(4-6-18)12(19)20;11-10-3-1-2-7-4-5-8(12)6-9(7)10/h1-3,5,7,12,15,17,30H,4,6,8-11,13H2,(H,28,31);1-2,7-8H,3-6H2,(H,19,20);1-3,8,12H,4-6,11H2/t17-;;8-/m0.0/s1. The van der Waals surface area contributed by atoms with Gasteiger partial charge in [0.1, 0.15) is 0 Å². The second-order valence-electron chi connectivity index (χ2n) is 16.4. The number of hydrogen-bond acceptors (Lipinski definition) is 7. The van der Waals surface area contributed by atoms with Gasteiger partial charge in [-0.1, -0.05) is 47.5 Å². The van der Waals surface area contributed by atoms with E-state index in [9.17, 15) is 46.1 Å². The van der Waals surface area contributed by atoms with Crippen LogP contribution in [0.15, 0.2) is 72.8 Å². The van der Waals surface area contributed by atoms with Crippen molar-refractivity contribution in [3.63, 3.8) is 0 Å². The van der Waals surface area contributed by atoms with Crippen LogP contribution in [0.4, 0.5) is 49.1 Å². The number of aliphatic hydroxyl groups excluding tert-OH is 2. The van der Waals surface area contributed by atoms with Crippen molar-refractivity contribution in [2.45, 2.75) is 88.8 Å². The largest absolute Gasteiger partial charge is 0.481 e. The highest BCUT2D eigenvalue weighted by molar-refractivity contribution is 6.33. The number of benzene rings is 4. The van der Waals surface area contributed by atoms with Crippen LogP contribution in [0.3, 0.4) is 0 Å². The van der Waals surface area contributed by atoms with E-state index in [1.54, 1.807) is 0 Å². The summed E-state index contributed by atoms with van der Waals surface area (Å²) in [4.78, 5) is 27.5. The maximum atomic E-state index is 12.9. The molecule has 2 fully saturated rings. The second-order valence-corrected chi connectivity index (χ2v) is 17.2. The number of carbonyl (C=O) groups excluding carboxylic acids is 1. The van der Waals surface area contributed by atoms with Crippen molar-refractivity contribution < 1.29 is 51.3 Å². The number of alkyl halides is 6. The lowest BCUT2D eigenvalue weighted by molar-refractivity contribution is -0.142. The third-order valence-electron chi connectivity index (χ3n) is 12.2. The van der Waals surface area contributed by atoms with Crippen molar-refractivity contribution in [3.05, 3.63) is 116 Å². The zero-order valence-corrected chi connectivity index (χ0v) is 35.8. The van der Waals surface area contributed by atoms with Crippen LogP contribution in [0.25, 0.3) is 0 Å². The predicted molar refractivity (Wildman–Crippen MR) is 232 cm³/mol. The molecule has 2 saturated heterocycles. The molecule has 2 aliphatic heterocycles. The predicted octanol–water partition coefficient (Wildman–Crippen LogP) is 9.84. The number of aryl methyl sites for hydroxylation is 2. The van der Waals surface area contributed by atoms with E-state index in [2.05, 4.69) is 11.4 Å². The van der Waals surface area contributed by atoms with Gasteiger partial charge in [-0.2, -0.15) is 26.3 Å². The van der Waals surface area contributed by atoms with Gasteiger partial charge in [0.25, 0.3) is 0 Å². The monoisotopic (exact) mass is 922 g/mol. The number of halogens is 8. The van der Waals surface area contributed by atoms with E-state index in [1.807, 2.05) is 40.1 Å². The Morgan fingerprint density at radius 1 is 0.635 bits per heavy atom. The number of hydrogen-bond donors (Lipinski definition) is 5. The van der Waals surface area contributed by atoms with Gasteiger partial charge in [0.2, 0.25) is 5.91 Å². The minimum atomic E-state index is -4.43. The Bertz CT molecular complexity index is 2240. The van der Waals surface area contributed by atoms with E-state index < -0.39 is 29.4 Å². The molecule has 1 amide bonds. The second kappa shape index (κ2) is 20.4. The number of anilines is 4. The number of nitrogens with zero attached hydrogens (tertiary/aromatic N) is 2. The highest BCUT2D eigenvalue weighted by Gasteiger charge is 2.34. The quantitative estimate of drug-likeness (QED) is 0.0986. The summed E-state index contributed by atoms with van der Waals surface area (Å²) in [6.07, 6.45) is -2.71. The molecule has 9 nitrogen and oxygen atoms in total. The van der Waals surface area contributed by atoms with Gasteiger partial charge in [0, 0.05) is 56.3 Å². The van der Waals surface area contributed by atoms with Crippen molar-refractivity contribution in [3.8, 4) is 0 Å². The number of amides is 1. The molecule has 2 atom stereocenters. The van der Waals surface area contributed by atoms with Crippen LogP contribution in [0.5, 0.6) is 0 Å². The first-order chi connectivity index (χ1) is 29.8. The summed E-state index contributed by atoms with van der Waals surface area (Å²) in [6, 6.07) is 18.4. The molecule has 0 radical (unpaired) electrons. The van der Waals surface area contributed by atoms with Gasteiger partial charge in [-0.15, -0.1) is 0 Å². The number of carbonyl (C=O) groups is 2. The number of aliphatic carboxylic acids is 1. The maximum absolute atomic E-state index is 12.9. The van der Waals surface area contributed by atoms with E-state index >= 15 is 0 Å². The Hall–Kier alpha value is -4.70. The minimum Gasteiger partial charge on any atom is -0.481 e. The van der Waals surface area contributed by atoms with E-state index in [1.165, 1.54) is 17.7 Å². The molecular weight excluding hydrogens is 873 g/mol. The normalized spacial score (nSPS) is 19.4. The molecule has 63 heavy (non-hydrogen) atoms. The molecule has 0 unspecified atom stereocenters. The van der Waals surface area contributed by atoms with E-state index in [0.717, 1.165) is 84.4 Å². The highest BCUT2D eigenvalue weighted by Crippen LogP contribution is 2.38. The summed E-state index contributed by atoms with van der Waals surface area (Å²) < 4.78 is 76.2. The average molecular weight is 924 g/mol. The molecule has 4 aliphatic rings. The lowest BCUT2D eigenvalue weighted by Gasteiger charge is -2.34. The molecule has 4 aromatic rings. The van der Waals surface area contributed by atoms with E-state index in [0.29, 0.717) is 69.7 Å². The Kier molecular flexibility index (Phi) is 15.5. The zero-order valence-electron chi connectivity index (χ0n) is 34.3. The minimum absolute atomic E-state index is 0.0357. The fourth-order valence-corrected chi connectivity index (χ4v) is 9.15. The molecule has 8 rings (SSSR count). The average Bonchev–Trinajstić information content (AvgIpc) is 3.24. The summed E-state index contributed by atoms with van der Waals surface area (Å²) in [7, 11) is 0. The Labute approximate surface area is 371 Å². The van der Waals surface area contributed by atoms with Crippen molar-refractivity contribution >= 4 is 57.8 Å². The fourth-order valence-electron chi connectivity index (χ4n) is 8.55. The summed E-state index contributed by atoms with van der Waals surface area (Å²) in [5.41, 5.74) is 11.5. The van der Waals surface area contributed by atoms with E-state index in [-0.39, 0.29) is 40.0 Å². The van der Waals surface area contributed by atoms with Crippen LogP contribution in [0.1, 0.15) is 71.9 Å². The lowest BCUT2D eigenvalue weighted by atomic mass is 9.88. The van der Waals surface area contributed by atoms with Gasteiger partial charge in [-0.05, 0) is 122 Å². The molecule has 2 heterocycles. The molecule has 17 heteroatoms. The summed E-state index contributed by atoms with van der Waals surface area (Å²) in [6.45, 7) is 2.02. The Morgan fingerprint density at radius 2 is 1.08 bits per heavy atom. The van der Waals surface area contributed by atoms with Crippen LogP contribution >= 0.6 is 23.2 Å². The van der Waals surface area contributed by atoms with Crippen molar-refractivity contribution in [1.82, 2.24) is 0 Å². The maximum Gasteiger partial charge on any atom is 0.416 e. The third kappa shape index (κ3) is 12.3. The van der Waals surface area contributed by atoms with Crippen molar-refractivity contribution in [2.75, 3.05) is 47.0 Å². The van der Waals surface area contributed by atoms with Gasteiger partial charge in [0.15, 0.2) is 0 Å². The summed E-state index contributed by atoms with van der Waals surface area (Å²) in [5, 5.41) is 31.5. The molecule has 0 spiro atoms. The Morgan fingerprint density at radius 3 is 1.54 bits per heavy atom. The van der Waals surface area contributed by atoms with Crippen LogP contribution < -0.4 is 20.9 Å². The van der Waals surface area contributed by atoms with Gasteiger partial charge in [0.05, 0.1) is 50.7 Å². The molecule has 2 aliphatic carbocycles.